The van der Waals surface area contributed by atoms with E-state index < -0.39 is 17.8 Å². The Kier molecular flexibility index (Phi) is 6.50. The molecule has 26 heavy (non-hydrogen) atoms. The third kappa shape index (κ3) is 4.69. The minimum Gasteiger partial charge on any atom is -0.340 e. The number of benzene rings is 2. The van der Waals surface area contributed by atoms with Gasteiger partial charge in [-0.1, -0.05) is 39.0 Å². The van der Waals surface area contributed by atoms with E-state index in [2.05, 4.69) is 10.6 Å². The highest BCUT2D eigenvalue weighted by Gasteiger charge is 2.25. The smallest absolute Gasteiger partial charge is 0.251 e. The van der Waals surface area contributed by atoms with E-state index in [-0.39, 0.29) is 11.8 Å². The Labute approximate surface area is 153 Å². The van der Waals surface area contributed by atoms with Crippen LogP contribution in [0.25, 0.3) is 0 Å². The quantitative estimate of drug-likeness (QED) is 0.819. The van der Waals surface area contributed by atoms with Gasteiger partial charge in [-0.25, -0.2) is 4.39 Å². The number of nitrogens with one attached hydrogen (secondary N) is 2. The molecule has 0 fully saturated rings. The standard InChI is InChI=1S/C21H25FN2O2/c1-5-15-8-6-7-14(4)19(15)24-21(26)18(13(2)3)23-20(25)16-9-11-17(22)12-10-16/h6-13,18H,5H2,1-4H3,(H,23,25)(H,24,26)/t18-/m0/s1. The highest BCUT2D eigenvalue weighted by Crippen LogP contribution is 2.22. The summed E-state index contributed by atoms with van der Waals surface area (Å²) in [6.45, 7) is 7.71. The van der Waals surface area contributed by atoms with Crippen molar-refractivity contribution in [1.82, 2.24) is 5.32 Å². The number of anilines is 1. The number of para-hydroxylation sites is 1. The zero-order valence-electron chi connectivity index (χ0n) is 15.6. The number of halogens is 1. The normalized spacial score (nSPS) is 11.9. The summed E-state index contributed by atoms with van der Waals surface area (Å²) in [5.41, 5.74) is 3.13. The van der Waals surface area contributed by atoms with Gasteiger partial charge in [-0.3, -0.25) is 9.59 Å². The summed E-state index contributed by atoms with van der Waals surface area (Å²) in [6, 6.07) is 10.4. The molecule has 0 radical (unpaired) electrons. The first-order chi connectivity index (χ1) is 12.3. The summed E-state index contributed by atoms with van der Waals surface area (Å²) in [4.78, 5) is 25.2. The zero-order valence-corrected chi connectivity index (χ0v) is 15.6. The molecule has 0 aliphatic carbocycles. The topological polar surface area (TPSA) is 58.2 Å². The fraction of sp³-hybridized carbons (Fsp3) is 0.333. The molecule has 1 atom stereocenters. The first kappa shape index (κ1) is 19.6. The van der Waals surface area contributed by atoms with E-state index in [1.54, 1.807) is 0 Å². The summed E-state index contributed by atoms with van der Waals surface area (Å²) in [5, 5.41) is 5.72. The van der Waals surface area contributed by atoms with Gasteiger partial charge in [-0.2, -0.15) is 0 Å². The molecule has 0 saturated heterocycles. The van der Waals surface area contributed by atoms with E-state index in [4.69, 9.17) is 0 Å². The van der Waals surface area contributed by atoms with Gasteiger partial charge in [0.05, 0.1) is 0 Å². The number of carbonyl (C=O) groups excluding carboxylic acids is 2. The van der Waals surface area contributed by atoms with Crippen LogP contribution in [0.5, 0.6) is 0 Å². The van der Waals surface area contributed by atoms with Crippen LogP contribution >= 0.6 is 0 Å². The van der Waals surface area contributed by atoms with Crippen molar-refractivity contribution in [3.8, 4) is 0 Å². The third-order valence-corrected chi connectivity index (χ3v) is 4.33. The summed E-state index contributed by atoms with van der Waals surface area (Å²) in [5.74, 6) is -1.18. The Hall–Kier alpha value is -2.69. The molecule has 2 N–H and O–H groups in total. The Morgan fingerprint density at radius 2 is 1.73 bits per heavy atom. The van der Waals surface area contributed by atoms with Gasteiger partial charge in [0.15, 0.2) is 0 Å². The van der Waals surface area contributed by atoms with Crippen LogP contribution in [0, 0.1) is 18.7 Å². The van der Waals surface area contributed by atoms with Crippen molar-refractivity contribution in [3.63, 3.8) is 0 Å². The van der Waals surface area contributed by atoms with Crippen LogP contribution in [0.15, 0.2) is 42.5 Å². The number of carbonyl (C=O) groups is 2. The first-order valence-electron chi connectivity index (χ1n) is 8.79. The highest BCUT2D eigenvalue weighted by molar-refractivity contribution is 6.01. The molecule has 0 aliphatic rings. The van der Waals surface area contributed by atoms with Gasteiger partial charge < -0.3 is 10.6 Å². The van der Waals surface area contributed by atoms with E-state index in [1.165, 1.54) is 24.3 Å². The molecule has 2 amide bonds. The van der Waals surface area contributed by atoms with E-state index >= 15 is 0 Å². The Morgan fingerprint density at radius 1 is 1.08 bits per heavy atom. The Balaban J connectivity index is 2.18. The third-order valence-electron chi connectivity index (χ3n) is 4.33. The second-order valence-corrected chi connectivity index (χ2v) is 6.65. The van der Waals surface area contributed by atoms with Crippen molar-refractivity contribution >= 4 is 17.5 Å². The molecule has 0 spiro atoms. The predicted molar refractivity (Wildman–Crippen MR) is 102 cm³/mol. The lowest BCUT2D eigenvalue weighted by Gasteiger charge is -2.23. The molecule has 2 rings (SSSR count). The fourth-order valence-corrected chi connectivity index (χ4v) is 2.76. The second kappa shape index (κ2) is 8.61. The summed E-state index contributed by atoms with van der Waals surface area (Å²) >= 11 is 0. The molecule has 138 valence electrons. The van der Waals surface area contributed by atoms with E-state index in [1.807, 2.05) is 45.9 Å². The van der Waals surface area contributed by atoms with Crippen LogP contribution in [0.1, 0.15) is 42.3 Å². The number of hydrogen-bond donors (Lipinski definition) is 2. The lowest BCUT2D eigenvalue weighted by Crippen LogP contribution is -2.47. The molecule has 0 bridgehead atoms. The van der Waals surface area contributed by atoms with Crippen LogP contribution in [-0.2, 0) is 11.2 Å². The van der Waals surface area contributed by atoms with Gasteiger partial charge in [0.1, 0.15) is 11.9 Å². The number of aryl methyl sites for hydroxylation is 2. The lowest BCUT2D eigenvalue weighted by atomic mass is 10.0. The predicted octanol–water partition coefficient (Wildman–Crippen LogP) is 4.09. The second-order valence-electron chi connectivity index (χ2n) is 6.65. The average Bonchev–Trinajstić information content (AvgIpc) is 2.61. The van der Waals surface area contributed by atoms with Crippen LogP contribution < -0.4 is 10.6 Å². The summed E-state index contributed by atoms with van der Waals surface area (Å²) in [6.07, 6.45) is 0.797. The van der Waals surface area contributed by atoms with Gasteiger partial charge in [0, 0.05) is 11.3 Å². The van der Waals surface area contributed by atoms with Crippen molar-refractivity contribution in [2.45, 2.75) is 40.2 Å². The monoisotopic (exact) mass is 356 g/mol. The fourth-order valence-electron chi connectivity index (χ4n) is 2.76. The summed E-state index contributed by atoms with van der Waals surface area (Å²) in [7, 11) is 0. The van der Waals surface area contributed by atoms with Gasteiger partial charge in [0.25, 0.3) is 5.91 Å². The molecule has 0 aromatic heterocycles. The maximum Gasteiger partial charge on any atom is 0.251 e. The van der Waals surface area contributed by atoms with Crippen molar-refractivity contribution in [2.75, 3.05) is 5.32 Å². The molecule has 5 heteroatoms. The van der Waals surface area contributed by atoms with Gasteiger partial charge in [-0.15, -0.1) is 0 Å². The maximum absolute atomic E-state index is 13.0. The highest BCUT2D eigenvalue weighted by atomic mass is 19.1. The van der Waals surface area contributed by atoms with Crippen molar-refractivity contribution in [1.29, 1.82) is 0 Å². The molecular weight excluding hydrogens is 331 g/mol. The van der Waals surface area contributed by atoms with Crippen LogP contribution in [-0.4, -0.2) is 17.9 Å². The average molecular weight is 356 g/mol. The van der Waals surface area contributed by atoms with Crippen molar-refractivity contribution in [3.05, 3.63) is 65.0 Å². The number of hydrogen-bond acceptors (Lipinski definition) is 2. The molecule has 2 aromatic carbocycles. The number of rotatable bonds is 6. The maximum atomic E-state index is 13.0. The lowest BCUT2D eigenvalue weighted by molar-refractivity contribution is -0.118. The minimum absolute atomic E-state index is 0.103. The van der Waals surface area contributed by atoms with Gasteiger partial charge >= 0.3 is 0 Å². The first-order valence-corrected chi connectivity index (χ1v) is 8.79. The minimum atomic E-state index is -0.697. The zero-order chi connectivity index (χ0) is 19.3. The molecule has 4 nitrogen and oxygen atoms in total. The SMILES string of the molecule is CCc1cccc(C)c1NC(=O)[C@@H](NC(=O)c1ccc(F)cc1)C(C)C. The molecule has 0 heterocycles. The molecule has 0 saturated carbocycles. The van der Waals surface area contributed by atoms with E-state index in [0.29, 0.717) is 5.56 Å². The molecule has 2 aromatic rings. The summed E-state index contributed by atoms with van der Waals surface area (Å²) < 4.78 is 13.0. The van der Waals surface area contributed by atoms with Gasteiger partial charge in [-0.05, 0) is 54.7 Å². The largest absolute Gasteiger partial charge is 0.340 e. The van der Waals surface area contributed by atoms with Crippen LogP contribution in [0.3, 0.4) is 0 Å². The van der Waals surface area contributed by atoms with Crippen molar-refractivity contribution in [2.24, 2.45) is 5.92 Å². The van der Waals surface area contributed by atoms with Gasteiger partial charge in [0.2, 0.25) is 5.91 Å². The van der Waals surface area contributed by atoms with Crippen molar-refractivity contribution < 1.29 is 14.0 Å². The van der Waals surface area contributed by atoms with Crippen LogP contribution in [0.2, 0.25) is 0 Å². The molecular formula is C21H25FN2O2. The molecule has 0 unspecified atom stereocenters. The van der Waals surface area contributed by atoms with Crippen LogP contribution in [0.4, 0.5) is 10.1 Å². The van der Waals surface area contributed by atoms with E-state index in [0.717, 1.165) is 23.2 Å². The van der Waals surface area contributed by atoms with E-state index in [9.17, 15) is 14.0 Å². The Morgan fingerprint density at radius 3 is 2.31 bits per heavy atom. The Bertz CT molecular complexity index is 785. The number of amides is 2. The molecule has 0 aliphatic heterocycles.